The summed E-state index contributed by atoms with van der Waals surface area (Å²) in [6.07, 6.45) is 5.21. The van der Waals surface area contributed by atoms with Gasteiger partial charge in [0.05, 0.1) is 24.4 Å². The van der Waals surface area contributed by atoms with Crippen molar-refractivity contribution < 1.29 is 9.47 Å². The highest BCUT2D eigenvalue weighted by Gasteiger charge is 2.16. The monoisotopic (exact) mass is 350 g/mol. The van der Waals surface area contributed by atoms with E-state index in [2.05, 4.69) is 0 Å². The highest BCUT2D eigenvalue weighted by molar-refractivity contribution is 6.32. The molecule has 24 heavy (non-hydrogen) atoms. The predicted octanol–water partition coefficient (Wildman–Crippen LogP) is 2.09. The minimum absolute atomic E-state index is 0.266. The molecule has 7 heteroatoms. The van der Waals surface area contributed by atoms with Crippen molar-refractivity contribution in [3.05, 3.63) is 56.3 Å². The molecule has 0 amide bonds. The van der Waals surface area contributed by atoms with E-state index in [1.165, 1.54) is 16.2 Å². The highest BCUT2D eigenvalue weighted by atomic mass is 35.5. The normalized spacial score (nSPS) is 17.7. The highest BCUT2D eigenvalue weighted by Crippen LogP contribution is 2.25. The van der Waals surface area contributed by atoms with Gasteiger partial charge in [-0.25, -0.2) is 0 Å². The number of hydrogen-bond donors (Lipinski definition) is 0. The van der Waals surface area contributed by atoms with Gasteiger partial charge in [-0.1, -0.05) is 11.6 Å². The fraction of sp³-hybridized carbons (Fsp3) is 0.412. The lowest BCUT2D eigenvalue weighted by atomic mass is 10.0. The summed E-state index contributed by atoms with van der Waals surface area (Å²) in [6, 6.07) is 4.94. The van der Waals surface area contributed by atoms with Crippen LogP contribution in [0.4, 0.5) is 0 Å². The molecule has 1 fully saturated rings. The molecule has 6 nitrogen and oxygen atoms in total. The summed E-state index contributed by atoms with van der Waals surface area (Å²) in [5, 5.41) is 0.380. The van der Waals surface area contributed by atoms with Crippen LogP contribution in [0.1, 0.15) is 12.8 Å². The van der Waals surface area contributed by atoms with Crippen molar-refractivity contribution in [2.45, 2.75) is 19.4 Å². The van der Waals surface area contributed by atoms with E-state index in [0.29, 0.717) is 29.6 Å². The number of hydrogen-bond acceptors (Lipinski definition) is 4. The second-order valence-electron chi connectivity index (χ2n) is 5.83. The average Bonchev–Trinajstić information content (AvgIpc) is 2.60. The number of methoxy groups -OCH3 is 1. The van der Waals surface area contributed by atoms with Crippen molar-refractivity contribution in [3.8, 4) is 11.4 Å². The zero-order chi connectivity index (χ0) is 17.1. The first-order chi connectivity index (χ1) is 11.6. The third kappa shape index (κ3) is 3.39. The third-order valence-electron chi connectivity index (χ3n) is 4.18. The second-order valence-corrected chi connectivity index (χ2v) is 6.24. The molecule has 128 valence electrons. The standard InChI is InChI=1S/C17H19ClN2O4/c1-23-15-5-4-13(9-14(15)18)20-7-6-19(16(21)17(20)22)10-12-3-2-8-24-11-12/h4-7,9,12H,2-3,8,10-11H2,1H3. The van der Waals surface area contributed by atoms with Crippen molar-refractivity contribution in [1.82, 2.24) is 9.13 Å². The molecule has 1 atom stereocenters. The summed E-state index contributed by atoms with van der Waals surface area (Å²) >= 11 is 6.09. The molecule has 1 saturated heterocycles. The number of aromatic nitrogens is 2. The summed E-state index contributed by atoms with van der Waals surface area (Å²) in [5.41, 5.74) is -0.624. The quantitative estimate of drug-likeness (QED) is 0.792. The fourth-order valence-electron chi connectivity index (χ4n) is 2.89. The lowest BCUT2D eigenvalue weighted by Crippen LogP contribution is -2.41. The lowest BCUT2D eigenvalue weighted by molar-refractivity contribution is 0.0479. The van der Waals surface area contributed by atoms with Gasteiger partial charge in [-0.05, 0) is 31.0 Å². The van der Waals surface area contributed by atoms with Crippen molar-refractivity contribution in [2.75, 3.05) is 20.3 Å². The molecule has 0 bridgehead atoms. The van der Waals surface area contributed by atoms with Gasteiger partial charge in [-0.3, -0.25) is 14.2 Å². The van der Waals surface area contributed by atoms with Gasteiger partial charge < -0.3 is 14.0 Å². The van der Waals surface area contributed by atoms with Crippen LogP contribution in [-0.2, 0) is 11.3 Å². The van der Waals surface area contributed by atoms with Gasteiger partial charge in [0.25, 0.3) is 0 Å². The van der Waals surface area contributed by atoms with E-state index in [9.17, 15) is 9.59 Å². The summed E-state index contributed by atoms with van der Waals surface area (Å²) in [5.74, 6) is 0.779. The van der Waals surface area contributed by atoms with E-state index >= 15 is 0 Å². The zero-order valence-electron chi connectivity index (χ0n) is 13.4. The van der Waals surface area contributed by atoms with Crippen LogP contribution in [-0.4, -0.2) is 29.5 Å². The molecule has 0 saturated carbocycles. The van der Waals surface area contributed by atoms with Crippen LogP contribution in [0.5, 0.6) is 5.75 Å². The van der Waals surface area contributed by atoms with E-state index in [1.54, 1.807) is 30.6 Å². The predicted molar refractivity (Wildman–Crippen MR) is 91.4 cm³/mol. The van der Waals surface area contributed by atoms with E-state index in [0.717, 1.165) is 19.4 Å². The Balaban J connectivity index is 1.91. The van der Waals surface area contributed by atoms with Crippen LogP contribution >= 0.6 is 11.6 Å². The molecule has 2 aromatic rings. The van der Waals surface area contributed by atoms with Crippen LogP contribution in [0.3, 0.4) is 0 Å². The lowest BCUT2D eigenvalue weighted by Gasteiger charge is -2.22. The minimum atomic E-state index is -0.601. The fourth-order valence-corrected chi connectivity index (χ4v) is 3.14. The van der Waals surface area contributed by atoms with Crippen LogP contribution in [0, 0.1) is 5.92 Å². The first-order valence-corrected chi connectivity index (χ1v) is 8.21. The number of nitrogens with zero attached hydrogens (tertiary/aromatic N) is 2. The van der Waals surface area contributed by atoms with Gasteiger partial charge in [0, 0.05) is 31.5 Å². The van der Waals surface area contributed by atoms with Crippen LogP contribution in [0.15, 0.2) is 40.2 Å². The SMILES string of the molecule is COc1ccc(-n2ccn(CC3CCCOC3)c(=O)c2=O)cc1Cl. The first kappa shape index (κ1) is 16.8. The Morgan fingerprint density at radius 3 is 2.79 bits per heavy atom. The van der Waals surface area contributed by atoms with E-state index in [1.807, 2.05) is 0 Å². The molecule has 1 unspecified atom stereocenters. The molecule has 1 aliphatic rings. The maximum absolute atomic E-state index is 12.4. The number of ether oxygens (including phenoxy) is 2. The molecule has 1 aromatic heterocycles. The van der Waals surface area contributed by atoms with Crippen molar-refractivity contribution >= 4 is 11.6 Å². The zero-order valence-corrected chi connectivity index (χ0v) is 14.2. The van der Waals surface area contributed by atoms with Crippen molar-refractivity contribution in [2.24, 2.45) is 5.92 Å². The molecule has 0 radical (unpaired) electrons. The Bertz CT molecular complexity index is 837. The van der Waals surface area contributed by atoms with E-state index in [-0.39, 0.29) is 5.92 Å². The Morgan fingerprint density at radius 1 is 1.29 bits per heavy atom. The Morgan fingerprint density at radius 2 is 2.12 bits per heavy atom. The summed E-state index contributed by atoms with van der Waals surface area (Å²) < 4.78 is 13.3. The Hall–Kier alpha value is -2.05. The summed E-state index contributed by atoms with van der Waals surface area (Å²) in [6.45, 7) is 1.90. The molecule has 0 N–H and O–H groups in total. The third-order valence-corrected chi connectivity index (χ3v) is 4.48. The molecule has 3 rings (SSSR count). The Kier molecular flexibility index (Phi) is 5.06. The molecule has 1 aromatic carbocycles. The maximum atomic E-state index is 12.4. The van der Waals surface area contributed by atoms with Crippen LogP contribution in [0.25, 0.3) is 5.69 Å². The summed E-state index contributed by atoms with van der Waals surface area (Å²) in [4.78, 5) is 24.8. The molecule has 1 aliphatic heterocycles. The van der Waals surface area contributed by atoms with Crippen molar-refractivity contribution in [1.29, 1.82) is 0 Å². The van der Waals surface area contributed by atoms with Crippen LogP contribution < -0.4 is 15.9 Å². The van der Waals surface area contributed by atoms with Gasteiger partial charge >= 0.3 is 11.1 Å². The van der Waals surface area contributed by atoms with E-state index < -0.39 is 11.1 Å². The van der Waals surface area contributed by atoms with E-state index in [4.69, 9.17) is 21.1 Å². The number of rotatable bonds is 4. The van der Waals surface area contributed by atoms with Crippen LogP contribution in [0.2, 0.25) is 5.02 Å². The van der Waals surface area contributed by atoms with Gasteiger partial charge in [0.1, 0.15) is 5.75 Å². The molecular weight excluding hydrogens is 332 g/mol. The topological polar surface area (TPSA) is 62.5 Å². The molecule has 0 spiro atoms. The maximum Gasteiger partial charge on any atom is 0.320 e. The molecular formula is C17H19ClN2O4. The number of halogens is 1. The number of benzene rings is 1. The molecule has 0 aliphatic carbocycles. The smallest absolute Gasteiger partial charge is 0.320 e. The van der Waals surface area contributed by atoms with Gasteiger partial charge in [-0.15, -0.1) is 0 Å². The minimum Gasteiger partial charge on any atom is -0.495 e. The largest absolute Gasteiger partial charge is 0.495 e. The second kappa shape index (κ2) is 7.23. The molecule has 2 heterocycles. The van der Waals surface area contributed by atoms with Gasteiger partial charge in [0.15, 0.2) is 0 Å². The first-order valence-electron chi connectivity index (χ1n) is 7.84. The van der Waals surface area contributed by atoms with Gasteiger partial charge in [-0.2, -0.15) is 0 Å². The average molecular weight is 351 g/mol. The van der Waals surface area contributed by atoms with Crippen molar-refractivity contribution in [3.63, 3.8) is 0 Å². The Labute approximate surface area is 144 Å². The van der Waals surface area contributed by atoms with Gasteiger partial charge in [0.2, 0.25) is 0 Å². The summed E-state index contributed by atoms with van der Waals surface area (Å²) in [7, 11) is 1.52.